The second-order valence-corrected chi connectivity index (χ2v) is 9.35. The van der Waals surface area contributed by atoms with Gasteiger partial charge in [-0.15, -0.1) is 0 Å². The zero-order valence-corrected chi connectivity index (χ0v) is 21.9. The van der Waals surface area contributed by atoms with Gasteiger partial charge >= 0.3 is 5.97 Å². The highest BCUT2D eigenvalue weighted by Gasteiger charge is 2.26. The molecule has 1 aliphatic heterocycles. The summed E-state index contributed by atoms with van der Waals surface area (Å²) >= 11 is 0. The lowest BCUT2D eigenvalue weighted by Gasteiger charge is -2.25. The predicted octanol–water partition coefficient (Wildman–Crippen LogP) is 3.06. The molecule has 1 aromatic heterocycles. The number of nitrogens with one attached hydrogen (secondary N) is 2. The summed E-state index contributed by atoms with van der Waals surface area (Å²) in [7, 11) is 3.10. The van der Waals surface area contributed by atoms with Gasteiger partial charge in [-0.2, -0.15) is 0 Å². The first-order chi connectivity index (χ1) is 18.0. The van der Waals surface area contributed by atoms with E-state index in [1.165, 1.54) is 12.7 Å². The molecule has 3 rings (SSSR count). The Balaban J connectivity index is 1.49. The molecule has 2 heterocycles. The van der Waals surface area contributed by atoms with Crippen molar-refractivity contribution in [2.24, 2.45) is 0 Å². The van der Waals surface area contributed by atoms with Crippen LogP contribution in [0.25, 0.3) is 0 Å². The Morgan fingerprint density at radius 3 is 2.65 bits per heavy atom. The molecule has 9 nitrogen and oxygen atoms in total. The number of aliphatic carboxylic acids is 1. The SMILES string of the molecule is COCCN(CCCCc1ccc2c(n1)NCCC2)CCC(NC(=O)C(OC)c1ccccc1)C(=O)O. The molecular formula is C28H40N4O5. The molecule has 3 N–H and O–H groups in total. The molecule has 1 amide bonds. The lowest BCUT2D eigenvalue weighted by atomic mass is 10.1. The van der Waals surface area contributed by atoms with Crippen molar-refractivity contribution in [3.63, 3.8) is 0 Å². The van der Waals surface area contributed by atoms with Gasteiger partial charge in [-0.1, -0.05) is 36.4 Å². The molecule has 9 heteroatoms. The molecule has 0 bridgehead atoms. The number of methoxy groups -OCH3 is 2. The predicted molar refractivity (Wildman–Crippen MR) is 143 cm³/mol. The Labute approximate surface area is 219 Å². The average molecular weight is 513 g/mol. The van der Waals surface area contributed by atoms with Gasteiger partial charge in [-0.3, -0.25) is 4.79 Å². The summed E-state index contributed by atoms with van der Waals surface area (Å²) in [5.74, 6) is -0.498. The van der Waals surface area contributed by atoms with E-state index < -0.39 is 24.0 Å². The largest absolute Gasteiger partial charge is 0.480 e. The van der Waals surface area contributed by atoms with Crippen molar-refractivity contribution in [2.45, 2.75) is 50.7 Å². The summed E-state index contributed by atoms with van der Waals surface area (Å²) in [6.45, 7) is 3.58. The highest BCUT2D eigenvalue weighted by atomic mass is 16.5. The van der Waals surface area contributed by atoms with Crippen molar-refractivity contribution in [3.05, 3.63) is 59.3 Å². The van der Waals surface area contributed by atoms with Crippen LogP contribution < -0.4 is 10.6 Å². The summed E-state index contributed by atoms with van der Waals surface area (Å²) in [6, 6.07) is 12.3. The number of carboxylic acids is 1. The van der Waals surface area contributed by atoms with Crippen molar-refractivity contribution < 1.29 is 24.2 Å². The number of ether oxygens (including phenoxy) is 2. The lowest BCUT2D eigenvalue weighted by Crippen LogP contribution is -2.45. The smallest absolute Gasteiger partial charge is 0.326 e. The van der Waals surface area contributed by atoms with E-state index in [1.54, 1.807) is 19.2 Å². The van der Waals surface area contributed by atoms with Crippen molar-refractivity contribution in [2.75, 3.05) is 52.3 Å². The van der Waals surface area contributed by atoms with Gasteiger partial charge in [-0.05, 0) is 62.3 Å². The van der Waals surface area contributed by atoms with Crippen molar-refractivity contribution >= 4 is 17.7 Å². The highest BCUT2D eigenvalue weighted by molar-refractivity contribution is 5.87. The van der Waals surface area contributed by atoms with Crippen LogP contribution in [-0.2, 0) is 31.9 Å². The number of pyridine rings is 1. The van der Waals surface area contributed by atoms with Gasteiger partial charge in [0, 0.05) is 39.5 Å². The fourth-order valence-electron chi connectivity index (χ4n) is 4.54. The van der Waals surface area contributed by atoms with E-state index in [0.29, 0.717) is 25.3 Å². The number of carbonyl (C=O) groups excluding carboxylic acids is 1. The Hall–Kier alpha value is -3.01. The number of carboxylic acid groups (broad SMARTS) is 1. The number of nitrogens with zero attached hydrogens (tertiary/aromatic N) is 2. The van der Waals surface area contributed by atoms with Crippen molar-refractivity contribution in [3.8, 4) is 0 Å². The van der Waals surface area contributed by atoms with Gasteiger partial charge in [-0.25, -0.2) is 9.78 Å². The first-order valence-electron chi connectivity index (χ1n) is 13.1. The number of rotatable bonds is 16. The van der Waals surface area contributed by atoms with E-state index >= 15 is 0 Å². The van der Waals surface area contributed by atoms with Crippen molar-refractivity contribution in [1.82, 2.24) is 15.2 Å². The summed E-state index contributed by atoms with van der Waals surface area (Å²) in [6.07, 6.45) is 4.51. The van der Waals surface area contributed by atoms with Gasteiger partial charge in [0.1, 0.15) is 11.9 Å². The Bertz CT molecular complexity index is 988. The molecule has 0 saturated carbocycles. The summed E-state index contributed by atoms with van der Waals surface area (Å²) in [5.41, 5.74) is 3.07. The van der Waals surface area contributed by atoms with E-state index in [-0.39, 0.29) is 6.42 Å². The number of aromatic nitrogens is 1. The number of aryl methyl sites for hydroxylation is 2. The second kappa shape index (κ2) is 15.3. The van der Waals surface area contributed by atoms with Crippen LogP contribution in [0.2, 0.25) is 0 Å². The third-order valence-electron chi connectivity index (χ3n) is 6.65. The Morgan fingerprint density at radius 2 is 1.92 bits per heavy atom. The number of benzene rings is 1. The van der Waals surface area contributed by atoms with Crippen LogP contribution >= 0.6 is 0 Å². The van der Waals surface area contributed by atoms with Crippen LogP contribution in [0.15, 0.2) is 42.5 Å². The molecule has 0 spiro atoms. The molecule has 0 aliphatic carbocycles. The van der Waals surface area contributed by atoms with Crippen LogP contribution in [0.1, 0.15) is 48.6 Å². The zero-order chi connectivity index (χ0) is 26.5. The Morgan fingerprint density at radius 1 is 1.11 bits per heavy atom. The quantitative estimate of drug-likeness (QED) is 0.294. The molecule has 0 radical (unpaired) electrons. The fourth-order valence-corrected chi connectivity index (χ4v) is 4.54. The number of amides is 1. The van der Waals surface area contributed by atoms with Gasteiger partial charge in [0.15, 0.2) is 6.10 Å². The van der Waals surface area contributed by atoms with E-state index in [9.17, 15) is 14.7 Å². The molecule has 0 fully saturated rings. The first-order valence-corrected chi connectivity index (χ1v) is 13.1. The third kappa shape index (κ3) is 9.10. The van der Waals surface area contributed by atoms with Gasteiger partial charge in [0.25, 0.3) is 5.91 Å². The number of unbranched alkanes of at least 4 members (excludes halogenated alkanes) is 1. The minimum atomic E-state index is -1.06. The van der Waals surface area contributed by atoms with Crippen LogP contribution in [0, 0.1) is 0 Å². The average Bonchev–Trinajstić information content (AvgIpc) is 2.92. The Kier molecular flexibility index (Phi) is 11.8. The second-order valence-electron chi connectivity index (χ2n) is 9.35. The third-order valence-corrected chi connectivity index (χ3v) is 6.65. The number of carbonyl (C=O) groups is 2. The van der Waals surface area contributed by atoms with Crippen LogP contribution in [-0.4, -0.2) is 79.9 Å². The molecule has 2 unspecified atom stereocenters. The highest BCUT2D eigenvalue weighted by Crippen LogP contribution is 2.20. The van der Waals surface area contributed by atoms with E-state index in [2.05, 4.69) is 27.7 Å². The molecule has 0 saturated heterocycles. The van der Waals surface area contributed by atoms with E-state index in [1.807, 2.05) is 18.2 Å². The van der Waals surface area contributed by atoms with Crippen molar-refractivity contribution in [1.29, 1.82) is 0 Å². The van der Waals surface area contributed by atoms with Gasteiger partial charge in [0.2, 0.25) is 0 Å². The molecule has 1 aromatic carbocycles. The van der Waals surface area contributed by atoms with Gasteiger partial charge < -0.3 is 30.1 Å². The van der Waals surface area contributed by atoms with Gasteiger partial charge in [0.05, 0.1) is 6.61 Å². The zero-order valence-electron chi connectivity index (χ0n) is 21.9. The molecule has 37 heavy (non-hydrogen) atoms. The molecule has 202 valence electrons. The van der Waals surface area contributed by atoms with Crippen LogP contribution in [0.3, 0.4) is 0 Å². The summed E-state index contributed by atoms with van der Waals surface area (Å²) in [4.78, 5) is 31.7. The van der Waals surface area contributed by atoms with E-state index in [0.717, 1.165) is 56.7 Å². The maximum Gasteiger partial charge on any atom is 0.326 e. The fraction of sp³-hybridized carbons (Fsp3) is 0.536. The van der Waals surface area contributed by atoms with Crippen LogP contribution in [0.5, 0.6) is 0 Å². The molecule has 2 aromatic rings. The summed E-state index contributed by atoms with van der Waals surface area (Å²) < 4.78 is 10.6. The number of anilines is 1. The minimum Gasteiger partial charge on any atom is -0.480 e. The summed E-state index contributed by atoms with van der Waals surface area (Å²) in [5, 5.41) is 15.8. The normalized spacial score (nSPS) is 14.5. The minimum absolute atomic E-state index is 0.286. The first kappa shape index (κ1) is 28.6. The van der Waals surface area contributed by atoms with E-state index in [4.69, 9.17) is 14.5 Å². The molecular weight excluding hydrogens is 472 g/mol. The standard InChI is InChI=1S/C28H40N4O5/c1-36-20-19-32(17-7-6-12-23-14-13-22-11-8-16-29-26(22)30-23)18-15-24(28(34)35)31-27(33)25(37-2)21-9-4-3-5-10-21/h3-5,9-10,13-14,24-25H,6-8,11-12,15-20H2,1-2H3,(H,29,30)(H,31,33)(H,34,35). The van der Waals surface area contributed by atoms with Crippen LogP contribution in [0.4, 0.5) is 5.82 Å². The number of fused-ring (bicyclic) bond motifs is 1. The number of hydrogen-bond donors (Lipinski definition) is 3. The maximum atomic E-state index is 12.8. The lowest BCUT2D eigenvalue weighted by molar-refractivity contribution is -0.144. The monoisotopic (exact) mass is 512 g/mol. The topological polar surface area (TPSA) is 113 Å². The maximum absolute atomic E-state index is 12.8. The number of hydrogen-bond acceptors (Lipinski definition) is 7. The molecule has 2 atom stereocenters. The molecule has 1 aliphatic rings.